The summed E-state index contributed by atoms with van der Waals surface area (Å²) in [5.41, 5.74) is 7.54. The van der Waals surface area contributed by atoms with Gasteiger partial charge in [0.05, 0.1) is 37.6 Å². The molecule has 2 aliphatic carbocycles. The van der Waals surface area contributed by atoms with E-state index in [1.54, 1.807) is 26.2 Å². The molecule has 3 heterocycles. The van der Waals surface area contributed by atoms with Crippen LogP contribution in [0.25, 0.3) is 33.8 Å². The molecule has 2 aromatic heterocycles. The zero-order chi connectivity index (χ0) is 29.0. The topological polar surface area (TPSA) is 95.6 Å². The van der Waals surface area contributed by atoms with Crippen molar-refractivity contribution in [3.63, 3.8) is 0 Å². The lowest BCUT2D eigenvalue weighted by atomic mass is 9.81. The van der Waals surface area contributed by atoms with Crippen molar-refractivity contribution in [3.8, 4) is 17.0 Å². The van der Waals surface area contributed by atoms with Gasteiger partial charge in [0.1, 0.15) is 17.0 Å². The number of carbonyl (C=O) groups is 2. The predicted octanol–water partition coefficient (Wildman–Crippen LogP) is 7.33. The Bertz CT molecular complexity index is 1750. The highest BCUT2D eigenvalue weighted by atomic mass is 16.5. The lowest BCUT2D eigenvalue weighted by molar-refractivity contribution is 0.0525. The van der Waals surface area contributed by atoms with Gasteiger partial charge < -0.3 is 19.1 Å². The van der Waals surface area contributed by atoms with Gasteiger partial charge in [0, 0.05) is 28.2 Å². The number of ether oxygens (including phenoxy) is 2. The summed E-state index contributed by atoms with van der Waals surface area (Å²) in [6.45, 7) is 2.52. The number of nitrogens with zero attached hydrogens (tertiary/aromatic N) is 3. The number of esters is 1. The van der Waals surface area contributed by atoms with Gasteiger partial charge in [0.2, 0.25) is 0 Å². The van der Waals surface area contributed by atoms with Crippen LogP contribution in [0.2, 0.25) is 0 Å². The van der Waals surface area contributed by atoms with Crippen LogP contribution in [0.4, 0.5) is 0 Å². The number of carboxylic acids is 1. The fourth-order valence-corrected chi connectivity index (χ4v) is 6.83. The van der Waals surface area contributed by atoms with Gasteiger partial charge in [-0.1, -0.05) is 25.3 Å². The molecule has 4 aromatic rings. The summed E-state index contributed by atoms with van der Waals surface area (Å²) in [7, 11) is 1.66. The van der Waals surface area contributed by atoms with Gasteiger partial charge in [-0.15, -0.1) is 0 Å². The Balaban J connectivity index is 1.51. The second-order valence-corrected chi connectivity index (χ2v) is 11.7. The SMILES string of the molecule is CCOC(=O)c1cn(C2CC2)nc1C1=Cc2cc(OC)ccc2-c2c(C3CCCCC3)c3ccc(C(=O)O)cc3n2C1. The number of hydrogen-bond acceptors (Lipinski definition) is 5. The van der Waals surface area contributed by atoms with Crippen molar-refractivity contribution in [2.45, 2.75) is 70.4 Å². The molecular weight excluding hydrogens is 530 g/mol. The van der Waals surface area contributed by atoms with Crippen molar-refractivity contribution in [2.75, 3.05) is 13.7 Å². The minimum absolute atomic E-state index is 0.257. The van der Waals surface area contributed by atoms with Gasteiger partial charge in [-0.05, 0) is 86.1 Å². The number of methoxy groups -OCH3 is 1. The Morgan fingerprint density at radius 3 is 2.57 bits per heavy atom. The van der Waals surface area contributed by atoms with E-state index < -0.39 is 5.97 Å². The van der Waals surface area contributed by atoms with Crippen molar-refractivity contribution < 1.29 is 24.2 Å². The largest absolute Gasteiger partial charge is 0.497 e. The monoisotopic (exact) mass is 565 g/mol. The van der Waals surface area contributed by atoms with Crippen LogP contribution in [0.15, 0.2) is 42.6 Å². The second kappa shape index (κ2) is 10.5. The molecule has 0 unspecified atom stereocenters. The van der Waals surface area contributed by atoms with Crippen LogP contribution >= 0.6 is 0 Å². The average molecular weight is 566 g/mol. The number of rotatable bonds is 7. The molecule has 0 atom stereocenters. The Kier molecular flexibility index (Phi) is 6.64. The summed E-state index contributed by atoms with van der Waals surface area (Å²) in [5, 5.41) is 16.0. The standard InChI is InChI=1S/C34H35N3O5/c1-3-42-34(40)28-19-37(24-10-11-24)35-31(28)23-15-22-16-25(41-2)12-14-26(22)32-30(20-7-5-4-6-8-20)27-13-9-21(33(38)39)17-29(27)36(32)18-23/h9,12-17,19-20,24H,3-8,10-11,18H2,1-2H3,(H,38,39). The summed E-state index contributed by atoms with van der Waals surface area (Å²) in [5.74, 6) is -0.206. The molecule has 0 bridgehead atoms. The summed E-state index contributed by atoms with van der Waals surface area (Å²) in [4.78, 5) is 25.3. The highest BCUT2D eigenvalue weighted by molar-refractivity contribution is 6.03. The van der Waals surface area contributed by atoms with E-state index in [2.05, 4.69) is 16.7 Å². The summed E-state index contributed by atoms with van der Waals surface area (Å²) in [6.07, 6.45) is 11.9. The Morgan fingerprint density at radius 1 is 1.05 bits per heavy atom. The molecule has 2 saturated carbocycles. The van der Waals surface area contributed by atoms with E-state index in [0.717, 1.165) is 64.7 Å². The number of aromatic nitrogens is 3. The van der Waals surface area contributed by atoms with Crippen molar-refractivity contribution in [1.82, 2.24) is 14.3 Å². The van der Waals surface area contributed by atoms with E-state index in [1.165, 1.54) is 24.8 Å². The lowest BCUT2D eigenvalue weighted by Gasteiger charge is -2.24. The third-order valence-corrected chi connectivity index (χ3v) is 8.99. The first kappa shape index (κ1) is 26.6. The van der Waals surface area contributed by atoms with Crippen LogP contribution in [-0.2, 0) is 11.3 Å². The molecule has 0 spiro atoms. The van der Waals surface area contributed by atoms with Crippen LogP contribution in [-0.4, -0.2) is 45.1 Å². The molecule has 0 radical (unpaired) electrons. The van der Waals surface area contributed by atoms with Crippen molar-refractivity contribution in [2.24, 2.45) is 0 Å². The molecule has 1 N–H and O–H groups in total. The van der Waals surface area contributed by atoms with Crippen molar-refractivity contribution in [1.29, 1.82) is 0 Å². The zero-order valence-electron chi connectivity index (χ0n) is 24.1. The van der Waals surface area contributed by atoms with E-state index >= 15 is 0 Å². The molecule has 3 aliphatic rings. The number of aromatic carboxylic acids is 1. The number of carbonyl (C=O) groups excluding carboxylic acids is 1. The fourth-order valence-electron chi connectivity index (χ4n) is 6.83. The molecule has 216 valence electrons. The number of carboxylic acid groups (broad SMARTS) is 1. The van der Waals surface area contributed by atoms with Gasteiger partial charge in [-0.2, -0.15) is 5.10 Å². The van der Waals surface area contributed by atoms with Gasteiger partial charge in [0.25, 0.3) is 0 Å². The zero-order valence-corrected chi connectivity index (χ0v) is 24.1. The van der Waals surface area contributed by atoms with E-state index in [9.17, 15) is 14.7 Å². The highest BCUT2D eigenvalue weighted by Crippen LogP contribution is 2.48. The highest BCUT2D eigenvalue weighted by Gasteiger charge is 2.33. The Labute approximate surface area is 244 Å². The predicted molar refractivity (Wildman–Crippen MR) is 161 cm³/mol. The minimum atomic E-state index is -0.950. The first-order valence-corrected chi connectivity index (χ1v) is 15.0. The number of allylic oxidation sites excluding steroid dienone is 1. The van der Waals surface area contributed by atoms with Gasteiger partial charge in [-0.3, -0.25) is 4.68 Å². The van der Waals surface area contributed by atoms with Crippen LogP contribution in [0.5, 0.6) is 5.75 Å². The number of fused-ring (bicyclic) bond motifs is 5. The van der Waals surface area contributed by atoms with Crippen molar-refractivity contribution in [3.05, 3.63) is 70.5 Å². The number of benzene rings is 2. The smallest absolute Gasteiger partial charge is 0.341 e. The van der Waals surface area contributed by atoms with Crippen molar-refractivity contribution >= 4 is 34.5 Å². The van der Waals surface area contributed by atoms with Gasteiger partial charge >= 0.3 is 11.9 Å². The number of hydrogen-bond donors (Lipinski definition) is 1. The Hall–Kier alpha value is -4.33. The third kappa shape index (κ3) is 4.49. The maximum Gasteiger partial charge on any atom is 0.341 e. The van der Waals surface area contributed by atoms with Gasteiger partial charge in [-0.25, -0.2) is 9.59 Å². The quantitative estimate of drug-likeness (QED) is 0.236. The first-order valence-electron chi connectivity index (χ1n) is 15.0. The molecule has 42 heavy (non-hydrogen) atoms. The molecule has 2 fully saturated rings. The summed E-state index contributed by atoms with van der Waals surface area (Å²) in [6, 6.07) is 11.9. The maximum atomic E-state index is 13.2. The molecule has 1 aliphatic heterocycles. The fraction of sp³-hybridized carbons (Fsp3) is 0.382. The normalized spacial score (nSPS) is 16.9. The Morgan fingerprint density at radius 2 is 1.86 bits per heavy atom. The summed E-state index contributed by atoms with van der Waals surface area (Å²) < 4.78 is 15.3. The summed E-state index contributed by atoms with van der Waals surface area (Å²) >= 11 is 0. The minimum Gasteiger partial charge on any atom is -0.497 e. The van der Waals surface area contributed by atoms with E-state index in [-0.39, 0.29) is 18.1 Å². The maximum absolute atomic E-state index is 13.2. The van der Waals surface area contributed by atoms with Crippen LogP contribution < -0.4 is 4.74 Å². The molecule has 0 amide bonds. The average Bonchev–Trinajstić information content (AvgIpc) is 3.72. The van der Waals surface area contributed by atoms with Gasteiger partial charge in [0.15, 0.2) is 0 Å². The van der Waals surface area contributed by atoms with E-state index in [1.807, 2.05) is 29.1 Å². The first-order chi connectivity index (χ1) is 20.5. The molecule has 0 saturated heterocycles. The van der Waals surface area contributed by atoms with Crippen LogP contribution in [0.3, 0.4) is 0 Å². The molecule has 8 heteroatoms. The van der Waals surface area contributed by atoms with E-state index in [4.69, 9.17) is 14.6 Å². The molecular formula is C34H35N3O5. The molecule has 7 rings (SSSR count). The molecule has 8 nitrogen and oxygen atoms in total. The lowest BCUT2D eigenvalue weighted by Crippen LogP contribution is -2.09. The van der Waals surface area contributed by atoms with Crippen LogP contribution in [0.1, 0.15) is 101 Å². The second-order valence-electron chi connectivity index (χ2n) is 11.7. The third-order valence-electron chi connectivity index (χ3n) is 8.99. The van der Waals surface area contributed by atoms with Crippen LogP contribution in [0, 0.1) is 0 Å². The van der Waals surface area contributed by atoms with E-state index in [0.29, 0.717) is 29.8 Å². The molecule has 2 aromatic carbocycles.